The molecule has 0 spiro atoms. The summed E-state index contributed by atoms with van der Waals surface area (Å²) in [6.45, 7) is -0.0205. The topological polar surface area (TPSA) is 57.6 Å². The van der Waals surface area contributed by atoms with Crippen molar-refractivity contribution in [2.45, 2.75) is 30.2 Å². The van der Waals surface area contributed by atoms with Crippen LogP contribution >= 0.6 is 31.9 Å². The molecule has 0 heterocycles. The monoisotopic (exact) mass is 411 g/mol. The number of aliphatic hydroxyl groups excluding tert-OH is 1. The predicted molar refractivity (Wildman–Crippen MR) is 80.5 cm³/mol. The molecular weight excluding hydrogens is 398 g/mol. The highest BCUT2D eigenvalue weighted by molar-refractivity contribution is 9.11. The maximum atomic E-state index is 12.7. The summed E-state index contributed by atoms with van der Waals surface area (Å²) in [7, 11) is -3.58. The van der Waals surface area contributed by atoms with Crippen molar-refractivity contribution in [2.24, 2.45) is 0 Å². The van der Waals surface area contributed by atoms with Crippen LogP contribution in [0.4, 0.5) is 0 Å². The quantitative estimate of drug-likeness (QED) is 0.808. The van der Waals surface area contributed by atoms with Gasteiger partial charge in [0.1, 0.15) is 0 Å². The lowest BCUT2D eigenvalue weighted by Crippen LogP contribution is -2.45. The summed E-state index contributed by atoms with van der Waals surface area (Å²) in [5.74, 6) is 0. The van der Waals surface area contributed by atoms with Crippen molar-refractivity contribution in [2.75, 3.05) is 13.2 Å². The first-order chi connectivity index (χ1) is 8.96. The van der Waals surface area contributed by atoms with Crippen molar-refractivity contribution >= 4 is 41.9 Å². The Labute approximate surface area is 130 Å². The third-order valence-corrected chi connectivity index (χ3v) is 6.72. The first-order valence-electron chi connectivity index (χ1n) is 6.04. The molecule has 0 amide bonds. The minimum absolute atomic E-state index is 0.0167. The van der Waals surface area contributed by atoms with E-state index < -0.39 is 10.0 Å². The number of nitrogens with zero attached hydrogens (tertiary/aromatic N) is 1. The molecule has 0 aliphatic heterocycles. The fraction of sp³-hybridized carbons (Fsp3) is 0.500. The highest BCUT2D eigenvalue weighted by Gasteiger charge is 2.35. The van der Waals surface area contributed by atoms with Crippen LogP contribution in [-0.2, 0) is 10.0 Å². The van der Waals surface area contributed by atoms with Crippen LogP contribution in [0.2, 0.25) is 0 Å². The van der Waals surface area contributed by atoms with Crippen LogP contribution in [-0.4, -0.2) is 37.0 Å². The smallest absolute Gasteiger partial charge is 0.244 e. The van der Waals surface area contributed by atoms with Crippen molar-refractivity contribution < 1.29 is 13.5 Å². The Balaban J connectivity index is 2.40. The number of hydrogen-bond donors (Lipinski definition) is 1. The van der Waals surface area contributed by atoms with Gasteiger partial charge < -0.3 is 5.11 Å². The van der Waals surface area contributed by atoms with Gasteiger partial charge in [0.15, 0.2) is 0 Å². The Hall–Kier alpha value is 0.0500. The van der Waals surface area contributed by atoms with Crippen molar-refractivity contribution in [3.8, 4) is 0 Å². The van der Waals surface area contributed by atoms with Crippen LogP contribution in [0.3, 0.4) is 0 Å². The third kappa shape index (κ3) is 3.21. The van der Waals surface area contributed by atoms with Gasteiger partial charge in [-0.05, 0) is 47.0 Å². The number of rotatable bonds is 5. The summed E-state index contributed by atoms with van der Waals surface area (Å²) in [6.07, 6.45) is 2.78. The Morgan fingerprint density at radius 2 is 2.00 bits per heavy atom. The highest BCUT2D eigenvalue weighted by Crippen LogP contribution is 2.33. The largest absolute Gasteiger partial charge is 0.395 e. The maximum Gasteiger partial charge on any atom is 0.244 e. The zero-order chi connectivity index (χ0) is 14.0. The van der Waals surface area contributed by atoms with E-state index in [9.17, 15) is 8.42 Å². The molecular formula is C12H15Br2NO3S. The molecule has 19 heavy (non-hydrogen) atoms. The average Bonchev–Trinajstić information content (AvgIpc) is 2.29. The van der Waals surface area contributed by atoms with Gasteiger partial charge in [-0.1, -0.05) is 22.4 Å². The summed E-state index contributed by atoms with van der Waals surface area (Å²) >= 11 is 6.58. The Morgan fingerprint density at radius 3 is 2.53 bits per heavy atom. The van der Waals surface area contributed by atoms with E-state index >= 15 is 0 Å². The molecule has 4 nitrogen and oxygen atoms in total. The molecule has 0 unspecified atom stereocenters. The number of aliphatic hydroxyl groups is 1. The van der Waals surface area contributed by atoms with Crippen molar-refractivity contribution in [3.63, 3.8) is 0 Å². The lowest BCUT2D eigenvalue weighted by Gasteiger charge is -2.36. The molecule has 7 heteroatoms. The molecule has 0 saturated heterocycles. The van der Waals surface area contributed by atoms with Crippen LogP contribution in [0.5, 0.6) is 0 Å². The van der Waals surface area contributed by atoms with E-state index in [1.165, 1.54) is 4.31 Å². The number of halogens is 2. The fourth-order valence-corrected chi connectivity index (χ4v) is 5.21. The van der Waals surface area contributed by atoms with E-state index in [-0.39, 0.29) is 24.1 Å². The molecule has 0 aromatic heterocycles. The van der Waals surface area contributed by atoms with Crippen LogP contribution in [0.25, 0.3) is 0 Å². The molecule has 1 N–H and O–H groups in total. The Morgan fingerprint density at radius 1 is 1.32 bits per heavy atom. The van der Waals surface area contributed by atoms with Crippen molar-refractivity contribution in [1.82, 2.24) is 4.31 Å². The van der Waals surface area contributed by atoms with Gasteiger partial charge in [0.2, 0.25) is 10.0 Å². The van der Waals surface area contributed by atoms with Crippen LogP contribution in [0, 0.1) is 0 Å². The first-order valence-corrected chi connectivity index (χ1v) is 9.07. The number of sulfonamides is 1. The number of benzene rings is 1. The second-order valence-corrected chi connectivity index (χ2v) is 8.13. The van der Waals surface area contributed by atoms with E-state index in [0.717, 1.165) is 19.3 Å². The second-order valence-electron chi connectivity index (χ2n) is 4.50. The molecule has 0 radical (unpaired) electrons. The van der Waals surface area contributed by atoms with E-state index in [0.29, 0.717) is 8.95 Å². The Kier molecular flexibility index (Phi) is 5.05. The zero-order valence-corrected chi connectivity index (χ0v) is 14.2. The van der Waals surface area contributed by atoms with E-state index in [4.69, 9.17) is 5.11 Å². The molecule has 1 aromatic carbocycles. The molecule has 0 atom stereocenters. The van der Waals surface area contributed by atoms with Gasteiger partial charge in [0, 0.05) is 21.5 Å². The molecule has 1 saturated carbocycles. The molecule has 1 fully saturated rings. The normalized spacial score (nSPS) is 16.6. The van der Waals surface area contributed by atoms with Crippen LogP contribution < -0.4 is 0 Å². The highest BCUT2D eigenvalue weighted by atomic mass is 79.9. The second kappa shape index (κ2) is 6.22. The van der Waals surface area contributed by atoms with E-state index in [1.807, 2.05) is 0 Å². The number of hydrogen-bond acceptors (Lipinski definition) is 3. The maximum absolute atomic E-state index is 12.7. The summed E-state index contributed by atoms with van der Waals surface area (Å²) in [6, 6.07) is 5.09. The van der Waals surface area contributed by atoms with Gasteiger partial charge >= 0.3 is 0 Å². The predicted octanol–water partition coefficient (Wildman–Crippen LogP) is 2.75. The summed E-state index contributed by atoms with van der Waals surface area (Å²) < 4.78 is 28.1. The first kappa shape index (κ1) is 15.4. The van der Waals surface area contributed by atoms with Crippen molar-refractivity contribution in [1.29, 1.82) is 0 Å². The third-order valence-electron chi connectivity index (χ3n) is 3.28. The fourth-order valence-electron chi connectivity index (χ4n) is 2.07. The molecule has 1 aliphatic rings. The minimum Gasteiger partial charge on any atom is -0.395 e. The molecule has 1 aliphatic carbocycles. The Bertz CT molecular complexity index is 558. The molecule has 2 rings (SSSR count). The van der Waals surface area contributed by atoms with Gasteiger partial charge in [-0.15, -0.1) is 0 Å². The van der Waals surface area contributed by atoms with Crippen molar-refractivity contribution in [3.05, 3.63) is 27.1 Å². The van der Waals surface area contributed by atoms with E-state index in [1.54, 1.807) is 18.2 Å². The SMILES string of the molecule is O=S(=O)(c1cc(Br)ccc1Br)N(CCO)C1CCC1. The molecule has 0 bridgehead atoms. The summed E-state index contributed by atoms with van der Waals surface area (Å²) in [5, 5.41) is 9.11. The summed E-state index contributed by atoms with van der Waals surface area (Å²) in [4.78, 5) is 0.238. The standard InChI is InChI=1S/C12H15Br2NO3S/c13-9-4-5-11(14)12(8-9)19(17,18)15(6-7-16)10-2-1-3-10/h4-5,8,10,16H,1-3,6-7H2. The minimum atomic E-state index is -3.58. The van der Waals surface area contributed by atoms with Gasteiger partial charge in [0.25, 0.3) is 0 Å². The summed E-state index contributed by atoms with van der Waals surface area (Å²) in [5.41, 5.74) is 0. The molecule has 106 valence electrons. The van der Waals surface area contributed by atoms with Gasteiger partial charge in [-0.25, -0.2) is 8.42 Å². The average molecular weight is 413 g/mol. The van der Waals surface area contributed by atoms with Crippen LogP contribution in [0.15, 0.2) is 32.0 Å². The van der Waals surface area contributed by atoms with E-state index in [2.05, 4.69) is 31.9 Å². The lowest BCUT2D eigenvalue weighted by atomic mass is 9.93. The molecule has 1 aromatic rings. The zero-order valence-electron chi connectivity index (χ0n) is 10.2. The lowest BCUT2D eigenvalue weighted by molar-refractivity contribution is 0.178. The van der Waals surface area contributed by atoms with Gasteiger partial charge in [0.05, 0.1) is 11.5 Å². The van der Waals surface area contributed by atoms with Gasteiger partial charge in [-0.3, -0.25) is 0 Å². The van der Waals surface area contributed by atoms with Crippen LogP contribution in [0.1, 0.15) is 19.3 Å². The van der Waals surface area contributed by atoms with Gasteiger partial charge in [-0.2, -0.15) is 4.31 Å².